The Morgan fingerprint density at radius 1 is 0.871 bits per heavy atom. The molecule has 1 aromatic heterocycles. The van der Waals surface area contributed by atoms with Crippen molar-refractivity contribution in [2.24, 2.45) is 0 Å². The average Bonchev–Trinajstić information content (AvgIpc) is 2.60. The number of hydrogen-bond donors (Lipinski definition) is 0. The van der Waals surface area contributed by atoms with Crippen LogP contribution in [0.5, 0.6) is 11.5 Å². The van der Waals surface area contributed by atoms with Crippen LogP contribution in [0.4, 0.5) is 0 Å². The first-order chi connectivity index (χ1) is 14.3. The van der Waals surface area contributed by atoms with E-state index in [1.165, 1.54) is 12.1 Å². The third kappa shape index (κ3) is 7.44. The van der Waals surface area contributed by atoms with E-state index in [4.69, 9.17) is 23.4 Å². The first kappa shape index (κ1) is 23.9. The number of carbonyl (C=O) groups is 3. The van der Waals surface area contributed by atoms with Gasteiger partial charge in [-0.25, -0.2) is 14.4 Å². The third-order valence-corrected chi connectivity index (χ3v) is 3.50. The molecule has 0 radical (unpaired) electrons. The molecule has 2 aromatic rings. The molecule has 168 valence electrons. The molecule has 0 fully saturated rings. The monoisotopic (exact) mass is 434 g/mol. The number of benzene rings is 1. The Bertz CT molecular complexity index is 1040. The number of ether oxygens (including phenoxy) is 4. The van der Waals surface area contributed by atoms with Crippen molar-refractivity contribution in [2.45, 2.75) is 52.7 Å². The number of hydrogen-bond acceptors (Lipinski definition) is 9. The lowest BCUT2D eigenvalue weighted by Gasteiger charge is -2.21. The molecule has 0 N–H and O–H groups in total. The van der Waals surface area contributed by atoms with Gasteiger partial charge in [0.1, 0.15) is 16.8 Å². The Morgan fingerprint density at radius 3 is 1.81 bits per heavy atom. The summed E-state index contributed by atoms with van der Waals surface area (Å²) in [6.45, 7) is 9.39. The van der Waals surface area contributed by atoms with Crippen LogP contribution in [0.25, 0.3) is 11.0 Å². The second kappa shape index (κ2) is 9.20. The van der Waals surface area contributed by atoms with E-state index in [0.717, 1.165) is 6.07 Å². The Balaban J connectivity index is 2.35. The van der Waals surface area contributed by atoms with Crippen molar-refractivity contribution >= 4 is 29.2 Å². The number of fused-ring (bicyclic) bond motifs is 1. The summed E-state index contributed by atoms with van der Waals surface area (Å²) in [5, 5.41) is 0.276. The summed E-state index contributed by atoms with van der Waals surface area (Å²) in [6.07, 6.45) is 0.498. The average molecular weight is 434 g/mol. The minimum Gasteiger partial charge on any atom is -0.478 e. The van der Waals surface area contributed by atoms with E-state index in [1.54, 1.807) is 41.5 Å². The quantitative estimate of drug-likeness (QED) is 0.368. The van der Waals surface area contributed by atoms with Gasteiger partial charge in [-0.1, -0.05) is 0 Å². The largest absolute Gasteiger partial charge is 0.478 e. The van der Waals surface area contributed by atoms with Crippen LogP contribution in [0.2, 0.25) is 0 Å². The van der Waals surface area contributed by atoms with Gasteiger partial charge in [0.25, 0.3) is 0 Å². The Hall–Kier alpha value is -3.36. The van der Waals surface area contributed by atoms with Crippen molar-refractivity contribution in [1.82, 2.24) is 0 Å². The van der Waals surface area contributed by atoms with Crippen molar-refractivity contribution < 1.29 is 37.7 Å². The highest BCUT2D eigenvalue weighted by molar-refractivity contribution is 5.96. The number of rotatable bonds is 7. The molecule has 0 saturated carbocycles. The Labute approximate surface area is 179 Å². The minimum atomic E-state index is -0.727. The molecule has 0 spiro atoms. The van der Waals surface area contributed by atoms with E-state index in [1.807, 2.05) is 0 Å². The van der Waals surface area contributed by atoms with Crippen molar-refractivity contribution in [3.05, 3.63) is 34.2 Å². The lowest BCUT2D eigenvalue weighted by molar-refractivity contribution is -0.158. The first-order valence-corrected chi connectivity index (χ1v) is 9.54. The Morgan fingerprint density at radius 2 is 1.35 bits per heavy atom. The fourth-order valence-electron chi connectivity index (χ4n) is 2.53. The molecule has 9 heteroatoms. The molecule has 0 atom stereocenters. The zero-order valence-electron chi connectivity index (χ0n) is 18.4. The van der Waals surface area contributed by atoms with Gasteiger partial charge in [0.15, 0.2) is 31.0 Å². The van der Waals surface area contributed by atoms with Crippen LogP contribution < -0.4 is 15.1 Å². The maximum atomic E-state index is 12.0. The molecular formula is C22H26O9. The summed E-state index contributed by atoms with van der Waals surface area (Å²) in [5.74, 6) is -1.18. The number of esters is 2. The second-order valence-corrected chi connectivity index (χ2v) is 8.68. The normalized spacial score (nSPS) is 11.7. The topological polar surface area (TPSA) is 118 Å². The van der Waals surface area contributed by atoms with Crippen molar-refractivity contribution in [3.63, 3.8) is 0 Å². The second-order valence-electron chi connectivity index (χ2n) is 8.68. The maximum Gasteiger partial charge on any atom is 0.344 e. The summed E-state index contributed by atoms with van der Waals surface area (Å²) in [4.78, 5) is 47.1. The van der Waals surface area contributed by atoms with E-state index in [9.17, 15) is 19.2 Å². The molecule has 0 saturated heterocycles. The van der Waals surface area contributed by atoms with Crippen LogP contribution in [0.3, 0.4) is 0 Å². The summed E-state index contributed by atoms with van der Waals surface area (Å²) < 4.78 is 26.5. The van der Waals surface area contributed by atoms with Gasteiger partial charge in [0, 0.05) is 23.1 Å². The van der Waals surface area contributed by atoms with Crippen LogP contribution in [-0.4, -0.2) is 42.6 Å². The van der Waals surface area contributed by atoms with Crippen LogP contribution in [0.15, 0.2) is 27.4 Å². The smallest absolute Gasteiger partial charge is 0.344 e. The number of carbonyl (C=O) groups excluding carboxylic acids is 3. The fraction of sp³-hybridized carbons (Fsp3) is 0.455. The summed E-state index contributed by atoms with van der Waals surface area (Å²) in [6, 6.07) is 3.73. The molecular weight excluding hydrogens is 408 g/mol. The molecule has 0 aliphatic rings. The summed E-state index contributed by atoms with van der Waals surface area (Å²) in [5.41, 5.74) is -2.00. The Kier molecular flexibility index (Phi) is 7.09. The van der Waals surface area contributed by atoms with E-state index in [-0.39, 0.29) is 28.0 Å². The lowest BCUT2D eigenvalue weighted by Crippen LogP contribution is -2.28. The van der Waals surface area contributed by atoms with Crippen LogP contribution in [0.1, 0.15) is 51.9 Å². The molecule has 0 amide bonds. The van der Waals surface area contributed by atoms with Crippen LogP contribution >= 0.6 is 0 Å². The van der Waals surface area contributed by atoms with Crippen LogP contribution in [0, 0.1) is 0 Å². The van der Waals surface area contributed by atoms with E-state index in [2.05, 4.69) is 0 Å². The molecule has 31 heavy (non-hydrogen) atoms. The van der Waals surface area contributed by atoms with Gasteiger partial charge in [-0.3, -0.25) is 4.79 Å². The van der Waals surface area contributed by atoms with Gasteiger partial charge in [-0.15, -0.1) is 0 Å². The highest BCUT2D eigenvalue weighted by Crippen LogP contribution is 2.33. The van der Waals surface area contributed by atoms with Gasteiger partial charge in [0.05, 0.1) is 0 Å². The molecule has 1 heterocycles. The first-order valence-electron chi connectivity index (χ1n) is 9.54. The van der Waals surface area contributed by atoms with Gasteiger partial charge in [-0.05, 0) is 47.6 Å². The van der Waals surface area contributed by atoms with Gasteiger partial charge >= 0.3 is 17.6 Å². The summed E-state index contributed by atoms with van der Waals surface area (Å²) >= 11 is 0. The maximum absolute atomic E-state index is 12.0. The molecule has 0 unspecified atom stereocenters. The van der Waals surface area contributed by atoms with Gasteiger partial charge in [-0.2, -0.15) is 0 Å². The van der Waals surface area contributed by atoms with Crippen molar-refractivity contribution in [1.29, 1.82) is 0 Å². The zero-order chi connectivity index (χ0) is 23.4. The zero-order valence-corrected chi connectivity index (χ0v) is 18.4. The van der Waals surface area contributed by atoms with Crippen molar-refractivity contribution in [2.75, 3.05) is 13.2 Å². The third-order valence-electron chi connectivity index (χ3n) is 3.50. The fourth-order valence-corrected chi connectivity index (χ4v) is 2.53. The SMILES string of the molecule is CC(C)(C)OC(=O)COc1cc2oc(=O)cc(C=O)c2cc1OCC(=O)OC(C)(C)C. The lowest BCUT2D eigenvalue weighted by atomic mass is 10.1. The van der Waals surface area contributed by atoms with Crippen LogP contribution in [-0.2, 0) is 19.1 Å². The molecule has 9 nitrogen and oxygen atoms in total. The molecule has 2 rings (SSSR count). The predicted octanol–water partition coefficient (Wildman–Crippen LogP) is 3.05. The van der Waals surface area contributed by atoms with Crippen molar-refractivity contribution in [3.8, 4) is 11.5 Å². The number of aldehydes is 1. The highest BCUT2D eigenvalue weighted by Gasteiger charge is 2.21. The molecule has 0 bridgehead atoms. The summed E-state index contributed by atoms with van der Waals surface area (Å²) in [7, 11) is 0. The van der Waals surface area contributed by atoms with E-state index < -0.39 is 42.0 Å². The highest BCUT2D eigenvalue weighted by atomic mass is 16.6. The molecule has 0 aliphatic heterocycles. The van der Waals surface area contributed by atoms with Gasteiger partial charge < -0.3 is 23.4 Å². The molecule has 0 aliphatic carbocycles. The predicted molar refractivity (Wildman–Crippen MR) is 111 cm³/mol. The standard InChI is InChI=1S/C22H26O9/c1-21(2,3)30-19(25)11-27-16-8-14-13(10-23)7-18(24)29-15(14)9-17(16)28-12-20(26)31-22(4,5)6/h7-10H,11-12H2,1-6H3. The van der Waals surface area contributed by atoms with E-state index >= 15 is 0 Å². The molecule has 1 aromatic carbocycles. The van der Waals surface area contributed by atoms with E-state index in [0.29, 0.717) is 6.29 Å². The van der Waals surface area contributed by atoms with Gasteiger partial charge in [0.2, 0.25) is 0 Å². The minimum absolute atomic E-state index is 0.0214.